The van der Waals surface area contributed by atoms with Gasteiger partial charge in [0.2, 0.25) is 0 Å². The highest BCUT2D eigenvalue weighted by atomic mass is 16.1. The van der Waals surface area contributed by atoms with Crippen LogP contribution in [0.4, 0.5) is 0 Å². The third kappa shape index (κ3) is 2.48. The van der Waals surface area contributed by atoms with Gasteiger partial charge in [0.05, 0.1) is 6.54 Å². The van der Waals surface area contributed by atoms with Crippen molar-refractivity contribution < 1.29 is 4.79 Å². The van der Waals surface area contributed by atoms with Crippen LogP contribution in [0.1, 0.15) is 28.3 Å². The molecule has 1 heterocycles. The van der Waals surface area contributed by atoms with E-state index in [1.807, 2.05) is 30.3 Å². The van der Waals surface area contributed by atoms with Crippen LogP contribution in [-0.2, 0) is 0 Å². The average Bonchev–Trinajstić information content (AvgIpc) is 2.86. The number of likely N-dealkylation sites (tertiary alicyclic amines) is 1. The lowest BCUT2D eigenvalue weighted by atomic mass is 9.64. The summed E-state index contributed by atoms with van der Waals surface area (Å²) in [6.45, 7) is 2.73. The highest BCUT2D eigenvalue weighted by molar-refractivity contribution is 5.97. The summed E-state index contributed by atoms with van der Waals surface area (Å²) >= 11 is 0. The highest BCUT2D eigenvalue weighted by Crippen LogP contribution is 2.51. The molecule has 1 aliphatic carbocycles. The van der Waals surface area contributed by atoms with Crippen molar-refractivity contribution in [3.8, 4) is 0 Å². The molecule has 2 fully saturated rings. The van der Waals surface area contributed by atoms with Gasteiger partial charge >= 0.3 is 0 Å². The molecule has 0 spiro atoms. The minimum absolute atomic E-state index is 0.248. The Morgan fingerprint density at radius 1 is 0.955 bits per heavy atom. The molecular formula is C20H21NO. The Morgan fingerprint density at radius 2 is 1.64 bits per heavy atom. The van der Waals surface area contributed by atoms with E-state index in [0.717, 1.165) is 30.5 Å². The summed E-state index contributed by atoms with van der Waals surface area (Å²) < 4.78 is 0. The zero-order valence-corrected chi connectivity index (χ0v) is 12.7. The number of Topliss-reactive ketones (excluding diaryl/α,β-unsaturated/α-hetero) is 1. The number of nitrogens with zero attached hydrogens (tertiary/aromatic N) is 1. The van der Waals surface area contributed by atoms with E-state index < -0.39 is 0 Å². The number of carbonyl (C=O) groups is 1. The summed E-state index contributed by atoms with van der Waals surface area (Å²) in [6.07, 6.45) is 1.28. The maximum absolute atomic E-state index is 12.3. The van der Waals surface area contributed by atoms with Gasteiger partial charge < -0.3 is 0 Å². The van der Waals surface area contributed by atoms with E-state index in [4.69, 9.17) is 0 Å². The molecule has 2 heteroatoms. The lowest BCUT2D eigenvalue weighted by molar-refractivity contribution is 0.0943. The Bertz CT molecular complexity index is 652. The lowest BCUT2D eigenvalue weighted by Gasteiger charge is -2.40. The van der Waals surface area contributed by atoms with Crippen molar-refractivity contribution in [3.05, 3.63) is 71.8 Å². The summed E-state index contributed by atoms with van der Waals surface area (Å²) in [6, 6.07) is 20.5. The first-order valence-electron chi connectivity index (χ1n) is 8.17. The number of hydrogen-bond acceptors (Lipinski definition) is 2. The second kappa shape index (κ2) is 5.69. The van der Waals surface area contributed by atoms with Gasteiger partial charge in [0.1, 0.15) is 0 Å². The predicted molar refractivity (Wildman–Crippen MR) is 88.0 cm³/mol. The average molecular weight is 291 g/mol. The molecule has 2 aromatic rings. The molecule has 3 unspecified atom stereocenters. The van der Waals surface area contributed by atoms with Crippen molar-refractivity contribution in [1.82, 2.24) is 4.90 Å². The summed E-state index contributed by atoms with van der Waals surface area (Å²) in [5.74, 6) is 2.47. The molecule has 0 radical (unpaired) electrons. The maximum Gasteiger partial charge on any atom is 0.176 e. The molecule has 2 nitrogen and oxygen atoms in total. The second-order valence-electron chi connectivity index (χ2n) is 6.66. The Morgan fingerprint density at radius 3 is 2.36 bits per heavy atom. The van der Waals surface area contributed by atoms with Crippen LogP contribution < -0.4 is 0 Å². The number of fused-ring (bicyclic) bond motifs is 1. The molecule has 0 aromatic heterocycles. The van der Waals surface area contributed by atoms with Gasteiger partial charge in [-0.3, -0.25) is 9.69 Å². The van der Waals surface area contributed by atoms with Gasteiger partial charge in [0, 0.05) is 18.7 Å². The van der Waals surface area contributed by atoms with Gasteiger partial charge in [-0.1, -0.05) is 60.7 Å². The number of rotatable bonds is 4. The van der Waals surface area contributed by atoms with Crippen LogP contribution in [0.5, 0.6) is 0 Å². The van der Waals surface area contributed by atoms with Crippen LogP contribution in [0.25, 0.3) is 0 Å². The van der Waals surface area contributed by atoms with E-state index in [1.54, 1.807) is 0 Å². The Labute approximate surface area is 131 Å². The monoisotopic (exact) mass is 291 g/mol. The first kappa shape index (κ1) is 13.7. The van der Waals surface area contributed by atoms with Crippen molar-refractivity contribution in [3.63, 3.8) is 0 Å². The fourth-order valence-electron chi connectivity index (χ4n) is 4.13. The zero-order chi connectivity index (χ0) is 14.9. The number of hydrogen-bond donors (Lipinski definition) is 0. The van der Waals surface area contributed by atoms with Gasteiger partial charge in [-0.2, -0.15) is 0 Å². The first-order chi connectivity index (χ1) is 10.8. The van der Waals surface area contributed by atoms with Crippen molar-refractivity contribution in [2.24, 2.45) is 11.8 Å². The SMILES string of the molecule is O=C(CN1CC2CC(c3ccccc3)C2C1)c1ccccc1. The molecule has 1 saturated heterocycles. The van der Waals surface area contributed by atoms with E-state index in [0.29, 0.717) is 12.5 Å². The van der Waals surface area contributed by atoms with Crippen LogP contribution >= 0.6 is 0 Å². The minimum atomic E-state index is 0.248. The van der Waals surface area contributed by atoms with Crippen LogP contribution in [0.3, 0.4) is 0 Å². The van der Waals surface area contributed by atoms with Crippen molar-refractivity contribution in [1.29, 1.82) is 0 Å². The number of carbonyl (C=O) groups excluding carboxylic acids is 1. The summed E-state index contributed by atoms with van der Waals surface area (Å²) in [5, 5.41) is 0. The summed E-state index contributed by atoms with van der Waals surface area (Å²) in [7, 11) is 0. The van der Waals surface area contributed by atoms with Gasteiger partial charge in [-0.05, 0) is 29.7 Å². The summed E-state index contributed by atoms with van der Waals surface area (Å²) in [5.41, 5.74) is 2.31. The molecule has 0 bridgehead atoms. The Hall–Kier alpha value is -1.93. The third-order valence-electron chi connectivity index (χ3n) is 5.33. The van der Waals surface area contributed by atoms with E-state index in [9.17, 15) is 4.79 Å². The van der Waals surface area contributed by atoms with E-state index in [1.165, 1.54) is 12.0 Å². The topological polar surface area (TPSA) is 20.3 Å². The van der Waals surface area contributed by atoms with Gasteiger partial charge in [0.15, 0.2) is 5.78 Å². The lowest BCUT2D eigenvalue weighted by Crippen LogP contribution is -2.33. The number of benzene rings is 2. The molecule has 112 valence electrons. The minimum Gasteiger partial charge on any atom is -0.295 e. The second-order valence-corrected chi connectivity index (χ2v) is 6.66. The highest BCUT2D eigenvalue weighted by Gasteiger charge is 2.47. The van der Waals surface area contributed by atoms with Crippen molar-refractivity contribution >= 4 is 5.78 Å². The smallest absolute Gasteiger partial charge is 0.176 e. The molecular weight excluding hydrogens is 270 g/mol. The molecule has 2 aromatic carbocycles. The number of ketones is 1. The predicted octanol–water partition coefficient (Wildman–Crippen LogP) is 3.60. The van der Waals surface area contributed by atoms with Crippen LogP contribution in [0.2, 0.25) is 0 Å². The molecule has 0 N–H and O–H groups in total. The summed E-state index contributed by atoms with van der Waals surface area (Å²) in [4.78, 5) is 14.7. The van der Waals surface area contributed by atoms with Gasteiger partial charge in [0.25, 0.3) is 0 Å². The van der Waals surface area contributed by atoms with E-state index >= 15 is 0 Å². The van der Waals surface area contributed by atoms with Gasteiger partial charge in [-0.15, -0.1) is 0 Å². The molecule has 2 aliphatic rings. The Balaban J connectivity index is 1.39. The first-order valence-corrected chi connectivity index (χ1v) is 8.17. The molecule has 0 amide bonds. The molecule has 22 heavy (non-hydrogen) atoms. The van der Waals surface area contributed by atoms with Crippen LogP contribution in [0.15, 0.2) is 60.7 Å². The fraction of sp³-hybridized carbons (Fsp3) is 0.350. The Kier molecular flexibility index (Phi) is 3.55. The largest absolute Gasteiger partial charge is 0.295 e. The molecule has 1 saturated carbocycles. The van der Waals surface area contributed by atoms with Crippen LogP contribution in [0, 0.1) is 11.8 Å². The standard InChI is InChI=1S/C20H21NO/c22-20(16-9-5-2-6-10-16)14-21-12-17-11-18(19(17)13-21)15-7-3-1-4-8-15/h1-10,17-19H,11-14H2. The van der Waals surface area contributed by atoms with E-state index in [2.05, 4.69) is 35.2 Å². The quantitative estimate of drug-likeness (QED) is 0.802. The normalized spacial score (nSPS) is 27.2. The molecule has 1 aliphatic heterocycles. The maximum atomic E-state index is 12.3. The zero-order valence-electron chi connectivity index (χ0n) is 12.7. The van der Waals surface area contributed by atoms with Gasteiger partial charge in [-0.25, -0.2) is 0 Å². The fourth-order valence-corrected chi connectivity index (χ4v) is 4.13. The van der Waals surface area contributed by atoms with E-state index in [-0.39, 0.29) is 5.78 Å². The van der Waals surface area contributed by atoms with Crippen molar-refractivity contribution in [2.45, 2.75) is 12.3 Å². The third-order valence-corrected chi connectivity index (χ3v) is 5.33. The molecule has 3 atom stereocenters. The van der Waals surface area contributed by atoms with Crippen LogP contribution in [-0.4, -0.2) is 30.3 Å². The van der Waals surface area contributed by atoms with Crippen molar-refractivity contribution in [2.75, 3.05) is 19.6 Å². The molecule has 4 rings (SSSR count).